The number of anilines is 1. The summed E-state index contributed by atoms with van der Waals surface area (Å²) in [6, 6.07) is 3.91. The van der Waals surface area contributed by atoms with Gasteiger partial charge in [0.1, 0.15) is 0 Å². The Morgan fingerprint density at radius 1 is 1.42 bits per heavy atom. The van der Waals surface area contributed by atoms with Gasteiger partial charge in [-0.25, -0.2) is 0 Å². The van der Waals surface area contributed by atoms with E-state index in [4.69, 9.17) is 0 Å². The number of piperidine rings is 1. The molecule has 1 saturated heterocycles. The number of hydrogen-bond donors (Lipinski definition) is 1. The van der Waals surface area contributed by atoms with E-state index in [0.29, 0.717) is 11.6 Å². The second kappa shape index (κ2) is 5.48. The Morgan fingerprint density at radius 3 is 3.26 bits per heavy atom. The third-order valence-corrected chi connectivity index (χ3v) is 3.58. The van der Waals surface area contributed by atoms with E-state index in [-0.39, 0.29) is 0 Å². The van der Waals surface area contributed by atoms with Crippen LogP contribution in [0.5, 0.6) is 0 Å². The summed E-state index contributed by atoms with van der Waals surface area (Å²) in [7, 11) is 0. The predicted molar refractivity (Wildman–Crippen MR) is 72.1 cm³/mol. The second-order valence-electron chi connectivity index (χ2n) is 4.98. The molecule has 3 heterocycles. The van der Waals surface area contributed by atoms with Crippen LogP contribution in [0.1, 0.15) is 19.8 Å². The minimum Gasteiger partial charge on any atom is -0.355 e. The normalized spacial score (nSPS) is 20.1. The highest BCUT2D eigenvalue weighted by Crippen LogP contribution is 2.21. The molecule has 7 nitrogen and oxygen atoms in total. The van der Waals surface area contributed by atoms with Gasteiger partial charge in [0.05, 0.1) is 0 Å². The first-order chi connectivity index (χ1) is 9.36. The molecule has 1 atom stereocenters. The summed E-state index contributed by atoms with van der Waals surface area (Å²) >= 11 is 0. The molecular weight excluding hydrogens is 242 g/mol. The first kappa shape index (κ1) is 12.3. The Labute approximate surface area is 112 Å². The molecule has 1 N–H and O–H groups in total. The molecule has 2 aromatic heterocycles. The second-order valence-corrected chi connectivity index (χ2v) is 4.98. The Balaban J connectivity index is 1.73. The topological polar surface area (TPSA) is 71.2 Å². The molecule has 1 aliphatic rings. The van der Waals surface area contributed by atoms with Gasteiger partial charge in [-0.2, -0.15) is 0 Å². The predicted octanol–water partition coefficient (Wildman–Crippen LogP) is 0.345. The van der Waals surface area contributed by atoms with Gasteiger partial charge in [0.25, 0.3) is 0 Å². The average molecular weight is 261 g/mol. The van der Waals surface area contributed by atoms with E-state index in [1.807, 2.05) is 12.1 Å². The molecule has 0 aliphatic carbocycles. The van der Waals surface area contributed by atoms with Crippen LogP contribution in [0.4, 0.5) is 5.82 Å². The highest BCUT2D eigenvalue weighted by Gasteiger charge is 2.21. The van der Waals surface area contributed by atoms with Crippen molar-refractivity contribution in [3.05, 3.63) is 12.1 Å². The van der Waals surface area contributed by atoms with Gasteiger partial charge in [-0.15, -0.1) is 14.8 Å². The smallest absolute Gasteiger partial charge is 0.200 e. The van der Waals surface area contributed by atoms with Crippen LogP contribution in [0.25, 0.3) is 5.65 Å². The van der Waals surface area contributed by atoms with Gasteiger partial charge in [-0.05, 0) is 54.4 Å². The number of fused-ring (bicyclic) bond motifs is 1. The fourth-order valence-corrected chi connectivity index (χ4v) is 2.60. The summed E-state index contributed by atoms with van der Waals surface area (Å²) < 4.78 is 1.49. The summed E-state index contributed by atoms with van der Waals surface area (Å²) in [6.07, 6.45) is 2.50. The van der Waals surface area contributed by atoms with Crippen LogP contribution in [0.2, 0.25) is 0 Å². The zero-order valence-corrected chi connectivity index (χ0v) is 11.2. The number of tetrazole rings is 1. The maximum atomic E-state index is 4.46. The van der Waals surface area contributed by atoms with Crippen LogP contribution in [-0.2, 0) is 0 Å². The van der Waals surface area contributed by atoms with E-state index in [1.54, 1.807) is 0 Å². The maximum absolute atomic E-state index is 4.46. The number of aromatic nitrogens is 5. The summed E-state index contributed by atoms with van der Waals surface area (Å²) in [5, 5.41) is 19.2. The molecule has 7 heteroatoms. The van der Waals surface area contributed by atoms with Crippen molar-refractivity contribution >= 4 is 11.5 Å². The van der Waals surface area contributed by atoms with Crippen molar-refractivity contribution in [2.24, 2.45) is 5.92 Å². The average Bonchev–Trinajstić information content (AvgIpc) is 2.92. The molecule has 0 aromatic carbocycles. The lowest BCUT2D eigenvalue weighted by Gasteiger charge is -2.33. The van der Waals surface area contributed by atoms with E-state index in [1.165, 1.54) is 17.5 Å². The highest BCUT2D eigenvalue weighted by atomic mass is 15.6. The van der Waals surface area contributed by atoms with Gasteiger partial charge in [-0.3, -0.25) is 0 Å². The molecule has 1 aliphatic heterocycles. The molecule has 1 fully saturated rings. The number of hydrogen-bond acceptors (Lipinski definition) is 6. The van der Waals surface area contributed by atoms with Crippen LogP contribution in [-0.4, -0.2) is 51.4 Å². The molecule has 1 unspecified atom stereocenters. The summed E-state index contributed by atoms with van der Waals surface area (Å²) in [4.78, 5) is 2.33. The fourth-order valence-electron chi connectivity index (χ4n) is 2.60. The van der Waals surface area contributed by atoms with E-state index in [9.17, 15) is 0 Å². The van der Waals surface area contributed by atoms with Gasteiger partial charge < -0.3 is 10.2 Å². The number of nitrogens with zero attached hydrogens (tertiary/aromatic N) is 6. The van der Waals surface area contributed by atoms with Crippen molar-refractivity contribution in [3.63, 3.8) is 0 Å². The van der Waals surface area contributed by atoms with Gasteiger partial charge in [0.2, 0.25) is 0 Å². The minimum atomic E-state index is 0.685. The lowest BCUT2D eigenvalue weighted by Crippen LogP contribution is -2.40. The molecule has 3 rings (SSSR count). The van der Waals surface area contributed by atoms with Crippen LogP contribution >= 0.6 is 0 Å². The van der Waals surface area contributed by atoms with E-state index < -0.39 is 0 Å². The highest BCUT2D eigenvalue weighted by molar-refractivity contribution is 5.44. The van der Waals surface area contributed by atoms with Crippen LogP contribution in [0.15, 0.2) is 12.1 Å². The Hall–Kier alpha value is -1.76. The van der Waals surface area contributed by atoms with Crippen molar-refractivity contribution in [2.75, 3.05) is 31.1 Å². The molecule has 102 valence electrons. The maximum Gasteiger partial charge on any atom is 0.200 e. The lowest BCUT2D eigenvalue weighted by atomic mass is 9.98. The molecule has 19 heavy (non-hydrogen) atoms. The zero-order chi connectivity index (χ0) is 13.1. The molecule has 0 amide bonds. The van der Waals surface area contributed by atoms with Crippen molar-refractivity contribution < 1.29 is 0 Å². The standard InChI is InChI=1S/C12H19N7/c1-2-13-8-10-4-3-7-18(9-10)12-6-5-11-14-16-17-19(11)15-12/h5-6,10,13H,2-4,7-9H2,1H3. The Morgan fingerprint density at radius 2 is 2.37 bits per heavy atom. The fraction of sp³-hybridized carbons (Fsp3) is 0.667. The van der Waals surface area contributed by atoms with Crippen LogP contribution < -0.4 is 10.2 Å². The van der Waals surface area contributed by atoms with Gasteiger partial charge in [0.15, 0.2) is 11.5 Å². The van der Waals surface area contributed by atoms with Crippen LogP contribution in [0.3, 0.4) is 0 Å². The third-order valence-electron chi connectivity index (χ3n) is 3.58. The van der Waals surface area contributed by atoms with Crippen molar-refractivity contribution in [2.45, 2.75) is 19.8 Å². The Kier molecular flexibility index (Phi) is 3.54. The Bertz CT molecular complexity index is 538. The first-order valence-corrected chi connectivity index (χ1v) is 6.88. The monoisotopic (exact) mass is 261 g/mol. The lowest BCUT2D eigenvalue weighted by molar-refractivity contribution is 0.393. The van der Waals surface area contributed by atoms with Crippen molar-refractivity contribution in [1.29, 1.82) is 0 Å². The molecule has 0 spiro atoms. The van der Waals surface area contributed by atoms with Crippen LogP contribution in [0, 0.1) is 5.92 Å². The van der Waals surface area contributed by atoms with Gasteiger partial charge in [0, 0.05) is 13.1 Å². The molecule has 2 aromatic rings. The third kappa shape index (κ3) is 2.65. The first-order valence-electron chi connectivity index (χ1n) is 6.88. The van der Waals surface area contributed by atoms with Gasteiger partial charge >= 0.3 is 0 Å². The summed E-state index contributed by atoms with van der Waals surface area (Å²) in [5.74, 6) is 1.65. The molecule has 0 radical (unpaired) electrons. The number of rotatable bonds is 4. The SMILES string of the molecule is CCNCC1CCCN(c2ccc3nnnn3n2)C1. The number of nitrogens with one attached hydrogen (secondary N) is 1. The van der Waals surface area contributed by atoms with E-state index in [0.717, 1.165) is 32.0 Å². The quantitative estimate of drug-likeness (QED) is 0.856. The zero-order valence-electron chi connectivity index (χ0n) is 11.2. The van der Waals surface area contributed by atoms with E-state index in [2.05, 4.69) is 37.8 Å². The molecular formula is C12H19N7. The van der Waals surface area contributed by atoms with Gasteiger partial charge in [-0.1, -0.05) is 6.92 Å². The largest absolute Gasteiger partial charge is 0.355 e. The summed E-state index contributed by atoms with van der Waals surface area (Å²) in [5.41, 5.74) is 0.685. The summed E-state index contributed by atoms with van der Waals surface area (Å²) in [6.45, 7) is 6.37. The minimum absolute atomic E-state index is 0.685. The van der Waals surface area contributed by atoms with E-state index >= 15 is 0 Å². The van der Waals surface area contributed by atoms with Crippen molar-refractivity contribution in [1.82, 2.24) is 30.6 Å². The molecule has 0 saturated carbocycles. The van der Waals surface area contributed by atoms with Crippen molar-refractivity contribution in [3.8, 4) is 0 Å². The molecule has 0 bridgehead atoms.